The number of hydrogen-bond acceptors (Lipinski definition) is 4. The molecule has 0 radical (unpaired) electrons. The summed E-state index contributed by atoms with van der Waals surface area (Å²) < 4.78 is 28.7. The molecule has 2 aromatic rings. The molecule has 8 heteroatoms. The van der Waals surface area contributed by atoms with Gasteiger partial charge in [-0.2, -0.15) is 8.78 Å². The van der Waals surface area contributed by atoms with Crippen LogP contribution in [0.15, 0.2) is 36.4 Å². The molecule has 1 saturated carbocycles. The predicted octanol–water partition coefficient (Wildman–Crippen LogP) is 4.30. The van der Waals surface area contributed by atoms with Crippen LogP contribution in [0.1, 0.15) is 29.4 Å². The van der Waals surface area contributed by atoms with Gasteiger partial charge in [-0.25, -0.2) is 0 Å². The molecule has 1 unspecified atom stereocenters. The second-order valence-electron chi connectivity index (χ2n) is 6.42. The molecule has 3 N–H and O–H groups in total. The van der Waals surface area contributed by atoms with Crippen molar-refractivity contribution in [1.82, 2.24) is 5.32 Å². The summed E-state index contributed by atoms with van der Waals surface area (Å²) in [7, 11) is 0. The van der Waals surface area contributed by atoms with Crippen LogP contribution in [0.4, 0.5) is 8.78 Å². The van der Waals surface area contributed by atoms with Gasteiger partial charge < -0.3 is 15.8 Å². The van der Waals surface area contributed by atoms with Gasteiger partial charge in [0.15, 0.2) is 0 Å². The van der Waals surface area contributed by atoms with E-state index in [1.54, 1.807) is 18.2 Å². The van der Waals surface area contributed by atoms with Crippen LogP contribution < -0.4 is 15.8 Å². The van der Waals surface area contributed by atoms with Crippen LogP contribution in [0.5, 0.6) is 5.75 Å². The van der Waals surface area contributed by atoms with Crippen molar-refractivity contribution in [3.63, 3.8) is 0 Å². The van der Waals surface area contributed by atoms with Crippen molar-refractivity contribution in [2.45, 2.75) is 31.9 Å². The number of amides is 1. The fourth-order valence-corrected chi connectivity index (χ4v) is 3.68. The molecule has 1 aromatic heterocycles. The summed E-state index contributed by atoms with van der Waals surface area (Å²) in [5.41, 5.74) is 6.32. The van der Waals surface area contributed by atoms with Gasteiger partial charge in [0.25, 0.3) is 5.91 Å². The van der Waals surface area contributed by atoms with Gasteiger partial charge in [0.05, 0.1) is 10.4 Å². The predicted molar refractivity (Wildman–Crippen MR) is 101 cm³/mol. The van der Waals surface area contributed by atoms with E-state index in [-0.39, 0.29) is 29.6 Å². The number of ether oxygens (including phenoxy) is 1. The number of carbonyl (C=O) groups is 1. The van der Waals surface area contributed by atoms with Gasteiger partial charge in [-0.3, -0.25) is 4.79 Å². The largest absolute Gasteiger partial charge is 0.435 e. The van der Waals surface area contributed by atoms with Gasteiger partial charge in [-0.15, -0.1) is 23.7 Å². The van der Waals surface area contributed by atoms with Crippen molar-refractivity contribution in [3.8, 4) is 16.2 Å². The van der Waals surface area contributed by atoms with Crippen LogP contribution >= 0.6 is 23.7 Å². The van der Waals surface area contributed by atoms with Gasteiger partial charge in [0.2, 0.25) is 0 Å². The van der Waals surface area contributed by atoms with E-state index in [0.29, 0.717) is 17.3 Å². The van der Waals surface area contributed by atoms with E-state index in [1.165, 1.54) is 23.5 Å². The van der Waals surface area contributed by atoms with E-state index in [0.717, 1.165) is 23.3 Å². The first kappa shape index (κ1) is 20.6. The number of carbonyl (C=O) groups excluding carboxylic acids is 1. The van der Waals surface area contributed by atoms with Gasteiger partial charge in [0.1, 0.15) is 5.75 Å². The summed E-state index contributed by atoms with van der Waals surface area (Å²) in [4.78, 5) is 14.0. The standard InChI is InChI=1S/C18H20F2N2O2S.ClH/c1-18(10-21,12-4-5-12)22-16(23)15-9-8-14(25-15)11-2-6-13(7-3-11)24-17(19)20;/h2-3,6-9,12,17H,4-5,10,21H2,1H3,(H,22,23);1H. The summed E-state index contributed by atoms with van der Waals surface area (Å²) >= 11 is 1.36. The van der Waals surface area contributed by atoms with E-state index in [2.05, 4.69) is 10.1 Å². The molecule has 1 heterocycles. The maximum Gasteiger partial charge on any atom is 0.387 e. The Hall–Kier alpha value is -1.70. The molecule has 1 aliphatic carbocycles. The summed E-state index contributed by atoms with van der Waals surface area (Å²) in [6.45, 7) is -0.447. The number of alkyl halides is 2. The van der Waals surface area contributed by atoms with E-state index < -0.39 is 6.61 Å². The molecule has 1 aromatic carbocycles. The molecule has 1 amide bonds. The molecule has 1 atom stereocenters. The van der Waals surface area contributed by atoms with Crippen LogP contribution in [0.2, 0.25) is 0 Å². The van der Waals surface area contributed by atoms with Crippen molar-refractivity contribution >= 4 is 29.7 Å². The quantitative estimate of drug-likeness (QED) is 0.725. The molecule has 0 aliphatic heterocycles. The highest BCUT2D eigenvalue weighted by molar-refractivity contribution is 7.17. The van der Waals surface area contributed by atoms with Crippen LogP contribution in [0.3, 0.4) is 0 Å². The number of nitrogens with one attached hydrogen (secondary N) is 1. The van der Waals surface area contributed by atoms with Gasteiger partial charge in [-0.05, 0) is 67.6 Å². The number of benzene rings is 1. The van der Waals surface area contributed by atoms with Crippen molar-refractivity contribution < 1.29 is 18.3 Å². The lowest BCUT2D eigenvalue weighted by atomic mass is 9.96. The van der Waals surface area contributed by atoms with Gasteiger partial charge >= 0.3 is 6.61 Å². The second-order valence-corrected chi connectivity index (χ2v) is 7.50. The number of hydrogen-bond donors (Lipinski definition) is 2. The number of thiophene rings is 1. The zero-order chi connectivity index (χ0) is 18.0. The Kier molecular flexibility index (Phi) is 6.60. The molecule has 3 rings (SSSR count). The third-order valence-electron chi connectivity index (χ3n) is 4.50. The highest BCUT2D eigenvalue weighted by Gasteiger charge is 2.41. The number of rotatable bonds is 7. The molecule has 0 bridgehead atoms. The molecule has 1 fully saturated rings. The molecule has 26 heavy (non-hydrogen) atoms. The third-order valence-corrected chi connectivity index (χ3v) is 5.63. The minimum Gasteiger partial charge on any atom is -0.435 e. The maximum atomic E-state index is 12.5. The highest BCUT2D eigenvalue weighted by Crippen LogP contribution is 2.39. The Morgan fingerprint density at radius 1 is 1.31 bits per heavy atom. The Labute approximate surface area is 161 Å². The molecule has 0 spiro atoms. The first-order valence-electron chi connectivity index (χ1n) is 8.09. The summed E-state index contributed by atoms with van der Waals surface area (Å²) in [6, 6.07) is 9.97. The molecule has 142 valence electrons. The van der Waals surface area contributed by atoms with Crippen molar-refractivity contribution in [2.75, 3.05) is 6.54 Å². The van der Waals surface area contributed by atoms with E-state index in [1.807, 2.05) is 13.0 Å². The van der Waals surface area contributed by atoms with Gasteiger partial charge in [0, 0.05) is 11.4 Å². The highest BCUT2D eigenvalue weighted by atomic mass is 35.5. The fraction of sp³-hybridized carbons (Fsp3) is 0.389. The fourth-order valence-electron chi connectivity index (χ4n) is 2.78. The molecule has 0 saturated heterocycles. The Morgan fingerprint density at radius 3 is 2.50 bits per heavy atom. The average molecular weight is 403 g/mol. The topological polar surface area (TPSA) is 64.3 Å². The number of halogens is 3. The minimum atomic E-state index is -2.84. The lowest BCUT2D eigenvalue weighted by Gasteiger charge is -2.29. The van der Waals surface area contributed by atoms with Crippen LogP contribution in [0.25, 0.3) is 10.4 Å². The van der Waals surface area contributed by atoms with E-state index >= 15 is 0 Å². The van der Waals surface area contributed by atoms with E-state index in [9.17, 15) is 13.6 Å². The van der Waals surface area contributed by atoms with Crippen LogP contribution in [0, 0.1) is 5.92 Å². The van der Waals surface area contributed by atoms with Crippen LogP contribution in [-0.4, -0.2) is 24.6 Å². The SMILES string of the molecule is CC(CN)(NC(=O)c1ccc(-c2ccc(OC(F)F)cc2)s1)C1CC1.Cl. The zero-order valence-electron chi connectivity index (χ0n) is 14.2. The molecule has 4 nitrogen and oxygen atoms in total. The summed E-state index contributed by atoms with van der Waals surface area (Å²) in [6.07, 6.45) is 2.19. The molecular weight excluding hydrogens is 382 g/mol. The summed E-state index contributed by atoms with van der Waals surface area (Å²) in [5, 5.41) is 3.06. The summed E-state index contributed by atoms with van der Waals surface area (Å²) in [5.74, 6) is 0.424. The first-order valence-corrected chi connectivity index (χ1v) is 8.90. The second kappa shape index (κ2) is 8.33. The Morgan fingerprint density at radius 2 is 1.96 bits per heavy atom. The molecular formula is C18H21ClF2N2O2S. The van der Waals surface area contributed by atoms with Crippen LogP contribution in [-0.2, 0) is 0 Å². The van der Waals surface area contributed by atoms with E-state index in [4.69, 9.17) is 5.73 Å². The third kappa shape index (κ3) is 4.72. The van der Waals surface area contributed by atoms with Crippen molar-refractivity contribution in [1.29, 1.82) is 0 Å². The van der Waals surface area contributed by atoms with Gasteiger partial charge in [-0.1, -0.05) is 0 Å². The maximum absolute atomic E-state index is 12.5. The average Bonchev–Trinajstić information content (AvgIpc) is 3.33. The monoisotopic (exact) mass is 402 g/mol. The Balaban J connectivity index is 0.00000243. The Bertz CT molecular complexity index is 750. The lowest BCUT2D eigenvalue weighted by Crippen LogP contribution is -2.53. The molecule has 1 aliphatic rings. The zero-order valence-corrected chi connectivity index (χ0v) is 15.8. The minimum absolute atomic E-state index is 0. The normalized spacial score (nSPS) is 15.9. The lowest BCUT2D eigenvalue weighted by molar-refractivity contribution is -0.0498. The van der Waals surface area contributed by atoms with Crippen molar-refractivity contribution in [3.05, 3.63) is 41.3 Å². The first-order chi connectivity index (χ1) is 11.9. The van der Waals surface area contributed by atoms with Crippen molar-refractivity contribution in [2.24, 2.45) is 11.7 Å². The number of nitrogens with two attached hydrogens (primary N) is 1. The smallest absolute Gasteiger partial charge is 0.387 e.